The van der Waals surface area contributed by atoms with Gasteiger partial charge in [0.05, 0.1) is 0 Å². The third-order valence-electron chi connectivity index (χ3n) is 13.4. The fraction of sp³-hybridized carbons (Fsp3) is 0.571. The molecule has 0 N–H and O–H groups in total. The van der Waals surface area contributed by atoms with Crippen molar-refractivity contribution in [2.24, 2.45) is 0 Å². The van der Waals surface area contributed by atoms with Crippen LogP contribution in [0.2, 0.25) is 0 Å². The van der Waals surface area contributed by atoms with Gasteiger partial charge >= 0.3 is 17.9 Å². The average Bonchev–Trinajstić information content (AvgIpc) is 3.49. The number of hydrogen-bond donors (Lipinski definition) is 0. The van der Waals surface area contributed by atoms with E-state index in [2.05, 4.69) is 203 Å². The zero-order chi connectivity index (χ0) is 59.9. The van der Waals surface area contributed by atoms with Gasteiger partial charge in [-0.2, -0.15) is 0 Å². The third-order valence-corrected chi connectivity index (χ3v) is 13.4. The molecule has 0 rings (SSSR count). The second-order valence-corrected chi connectivity index (χ2v) is 21.2. The Morgan fingerprint density at radius 2 is 0.434 bits per heavy atom. The Morgan fingerprint density at radius 3 is 0.699 bits per heavy atom. The molecule has 83 heavy (non-hydrogen) atoms. The molecule has 6 nitrogen and oxygen atoms in total. The molecule has 1 atom stereocenters. The molecule has 0 fully saturated rings. The summed E-state index contributed by atoms with van der Waals surface area (Å²) in [6.45, 7) is 6.22. The molecule has 0 aliphatic carbocycles. The van der Waals surface area contributed by atoms with E-state index in [-0.39, 0.29) is 44.0 Å². The van der Waals surface area contributed by atoms with Gasteiger partial charge in [-0.3, -0.25) is 14.4 Å². The zero-order valence-electron chi connectivity index (χ0n) is 53.1. The number of allylic oxidation sites excluding steroid dienone is 30. The quantitative estimate of drug-likeness (QED) is 0.0261. The topological polar surface area (TPSA) is 78.9 Å². The molecule has 464 valence electrons. The van der Waals surface area contributed by atoms with Crippen LogP contribution in [0.15, 0.2) is 182 Å². The van der Waals surface area contributed by atoms with E-state index in [1.54, 1.807) is 0 Å². The van der Waals surface area contributed by atoms with Gasteiger partial charge in [0.2, 0.25) is 0 Å². The maximum absolute atomic E-state index is 12.9. The first-order chi connectivity index (χ1) is 41.0. The molecule has 0 aliphatic rings. The first-order valence-electron chi connectivity index (χ1n) is 33.3. The summed E-state index contributed by atoms with van der Waals surface area (Å²) in [4.78, 5) is 38.4. The fourth-order valence-corrected chi connectivity index (χ4v) is 8.52. The van der Waals surface area contributed by atoms with Gasteiger partial charge in [0.25, 0.3) is 0 Å². The lowest BCUT2D eigenvalue weighted by atomic mass is 10.0. The van der Waals surface area contributed by atoms with Crippen molar-refractivity contribution in [1.29, 1.82) is 0 Å². The monoisotopic (exact) mass is 1140 g/mol. The highest BCUT2D eigenvalue weighted by Gasteiger charge is 2.19. The molecular weight excluding hydrogens is 1020 g/mol. The molecule has 0 aliphatic heterocycles. The van der Waals surface area contributed by atoms with Gasteiger partial charge in [-0.05, 0) is 154 Å². The summed E-state index contributed by atoms with van der Waals surface area (Å²) in [5, 5.41) is 0. The van der Waals surface area contributed by atoms with E-state index < -0.39 is 6.10 Å². The van der Waals surface area contributed by atoms with Crippen LogP contribution in [-0.2, 0) is 28.6 Å². The van der Waals surface area contributed by atoms with Crippen LogP contribution in [0.4, 0.5) is 0 Å². The Labute approximate surface area is 510 Å². The smallest absolute Gasteiger partial charge is 0.306 e. The Hall–Kier alpha value is -5.49. The summed E-state index contributed by atoms with van der Waals surface area (Å²) in [7, 11) is 0. The van der Waals surface area contributed by atoms with Crippen LogP contribution < -0.4 is 0 Å². The molecule has 0 aromatic heterocycles. The van der Waals surface area contributed by atoms with E-state index in [1.807, 2.05) is 0 Å². The largest absolute Gasteiger partial charge is 0.462 e. The van der Waals surface area contributed by atoms with E-state index >= 15 is 0 Å². The normalized spacial score (nSPS) is 13.3. The van der Waals surface area contributed by atoms with Crippen molar-refractivity contribution in [3.05, 3.63) is 182 Å². The lowest BCUT2D eigenvalue weighted by Crippen LogP contribution is -2.30. The molecule has 0 saturated heterocycles. The van der Waals surface area contributed by atoms with Gasteiger partial charge in [0.1, 0.15) is 13.2 Å². The number of rotatable bonds is 58. The first-order valence-corrected chi connectivity index (χ1v) is 33.3. The van der Waals surface area contributed by atoms with Crippen molar-refractivity contribution in [2.75, 3.05) is 13.2 Å². The number of unbranched alkanes of at least 4 members (excludes halogenated alkanes) is 17. The molecule has 0 saturated carbocycles. The lowest BCUT2D eigenvalue weighted by molar-refractivity contribution is -0.167. The van der Waals surface area contributed by atoms with Crippen molar-refractivity contribution < 1.29 is 28.6 Å². The van der Waals surface area contributed by atoms with Crippen molar-refractivity contribution in [3.63, 3.8) is 0 Å². The van der Waals surface area contributed by atoms with E-state index in [0.717, 1.165) is 141 Å². The van der Waals surface area contributed by atoms with Crippen LogP contribution >= 0.6 is 0 Å². The molecule has 0 aromatic rings. The highest BCUT2D eigenvalue weighted by atomic mass is 16.6. The third kappa shape index (κ3) is 67.2. The molecule has 1 unspecified atom stereocenters. The van der Waals surface area contributed by atoms with Gasteiger partial charge in [-0.1, -0.05) is 274 Å². The Balaban J connectivity index is 4.44. The molecule has 0 radical (unpaired) electrons. The van der Waals surface area contributed by atoms with Gasteiger partial charge in [-0.25, -0.2) is 0 Å². The van der Waals surface area contributed by atoms with E-state index in [4.69, 9.17) is 14.2 Å². The summed E-state index contributed by atoms with van der Waals surface area (Å²) in [5.74, 6) is -1.01. The standard InChI is InChI=1S/C77H120O6/c1-4-7-10-13-16-19-22-25-28-30-32-34-35-36-37-38-39-40-41-43-44-46-49-52-55-58-61-64-67-70-76(79)82-73-74(72-81-75(78)69-66-63-60-57-54-51-48-27-24-21-18-15-12-9-6-3)83-77(80)71-68-65-62-59-56-53-50-47-45-42-33-31-29-26-23-20-17-14-11-8-5-2/h7-12,16-21,25-29,32-34,36-37,42,47-48,50,54,56-57,59,74H,4-6,13-15,22-24,30-31,35,38-41,43-46,49,51-53,55,58,60-73H2,1-3H3/b10-7-,11-8-,12-9-,19-16-,20-17-,21-18-,28-25-,29-26-,34-32-,37-36-,42-33-,48-27-,50-47-,57-54-,59-56-. The highest BCUT2D eigenvalue weighted by Crippen LogP contribution is 2.15. The minimum atomic E-state index is -0.830. The molecule has 0 heterocycles. The van der Waals surface area contributed by atoms with Gasteiger partial charge in [-0.15, -0.1) is 0 Å². The molecule has 0 amide bonds. The maximum Gasteiger partial charge on any atom is 0.306 e. The number of carbonyl (C=O) groups excluding carboxylic acids is 3. The van der Waals surface area contributed by atoms with E-state index in [9.17, 15) is 14.4 Å². The van der Waals surface area contributed by atoms with E-state index in [1.165, 1.54) is 70.6 Å². The number of carbonyl (C=O) groups is 3. The van der Waals surface area contributed by atoms with E-state index in [0.29, 0.717) is 19.3 Å². The average molecular weight is 1140 g/mol. The summed E-state index contributed by atoms with van der Waals surface area (Å²) < 4.78 is 16.9. The summed E-state index contributed by atoms with van der Waals surface area (Å²) in [6, 6.07) is 0. The second-order valence-electron chi connectivity index (χ2n) is 21.2. The minimum Gasteiger partial charge on any atom is -0.462 e. The molecule has 6 heteroatoms. The lowest BCUT2D eigenvalue weighted by Gasteiger charge is -2.18. The second kappa shape index (κ2) is 69.0. The molecule has 0 aromatic carbocycles. The van der Waals surface area contributed by atoms with Gasteiger partial charge in [0, 0.05) is 19.3 Å². The van der Waals surface area contributed by atoms with Crippen LogP contribution in [0, 0.1) is 0 Å². The summed E-state index contributed by atoms with van der Waals surface area (Å²) in [6.07, 6.45) is 103. The molecule has 0 spiro atoms. The van der Waals surface area contributed by atoms with Gasteiger partial charge < -0.3 is 14.2 Å². The zero-order valence-corrected chi connectivity index (χ0v) is 53.1. The Kier molecular flexibility index (Phi) is 64.4. The number of hydrogen-bond acceptors (Lipinski definition) is 6. The fourth-order valence-electron chi connectivity index (χ4n) is 8.52. The molecule has 0 bridgehead atoms. The summed E-state index contributed by atoms with van der Waals surface area (Å²) >= 11 is 0. The Morgan fingerprint density at radius 1 is 0.241 bits per heavy atom. The summed E-state index contributed by atoms with van der Waals surface area (Å²) in [5.41, 5.74) is 0. The predicted molar refractivity (Wildman–Crippen MR) is 361 cm³/mol. The van der Waals surface area contributed by atoms with Crippen molar-refractivity contribution >= 4 is 17.9 Å². The van der Waals surface area contributed by atoms with Crippen molar-refractivity contribution in [2.45, 2.75) is 271 Å². The SMILES string of the molecule is CC/C=C\C/C=C\C/C=C\C/C=C\C/C=C\C/C=C\CCCCC(=O)OC(COC(=O)CCCC/C=C\C/C=C\C/C=C\C/C=C\CC)COC(=O)CCCCCCCCCCCCCCC/C=C\C/C=C\C/C=C\C/C=C\C/C=C\CC. The molecular formula is C77H120O6. The van der Waals surface area contributed by atoms with Crippen LogP contribution in [0.3, 0.4) is 0 Å². The van der Waals surface area contributed by atoms with Crippen LogP contribution in [0.1, 0.15) is 265 Å². The predicted octanol–water partition coefficient (Wildman–Crippen LogP) is 23.2. The minimum absolute atomic E-state index is 0.118. The van der Waals surface area contributed by atoms with Gasteiger partial charge in [0.15, 0.2) is 6.10 Å². The number of esters is 3. The van der Waals surface area contributed by atoms with Crippen LogP contribution in [0.25, 0.3) is 0 Å². The highest BCUT2D eigenvalue weighted by molar-refractivity contribution is 5.71. The van der Waals surface area contributed by atoms with Crippen molar-refractivity contribution in [1.82, 2.24) is 0 Å². The maximum atomic E-state index is 12.9. The first kappa shape index (κ1) is 77.5. The number of ether oxygens (including phenoxy) is 3. The van der Waals surface area contributed by atoms with Crippen molar-refractivity contribution in [3.8, 4) is 0 Å². The van der Waals surface area contributed by atoms with Crippen LogP contribution in [0.5, 0.6) is 0 Å². The van der Waals surface area contributed by atoms with Crippen LogP contribution in [-0.4, -0.2) is 37.2 Å². The Bertz CT molecular complexity index is 1940.